The molecule has 0 heterocycles. The summed E-state index contributed by atoms with van der Waals surface area (Å²) in [5, 5.41) is 21.4. The van der Waals surface area contributed by atoms with Crippen molar-refractivity contribution in [3.05, 3.63) is 23.8 Å². The van der Waals surface area contributed by atoms with Crippen LogP contribution in [0.5, 0.6) is 5.75 Å². The second-order valence-electron chi connectivity index (χ2n) is 5.57. The van der Waals surface area contributed by atoms with E-state index in [2.05, 4.69) is 11.4 Å². The van der Waals surface area contributed by atoms with Crippen LogP contribution >= 0.6 is 0 Å². The van der Waals surface area contributed by atoms with Crippen molar-refractivity contribution in [2.24, 2.45) is 0 Å². The maximum atomic E-state index is 11.0. The number of hydrogen-bond donors (Lipinski definition) is 2. The van der Waals surface area contributed by atoms with Crippen molar-refractivity contribution in [2.75, 3.05) is 19.5 Å². The molecule has 22 heavy (non-hydrogen) atoms. The molecule has 0 saturated heterocycles. The smallest absolute Gasteiger partial charge is 0.407 e. The summed E-state index contributed by atoms with van der Waals surface area (Å²) in [6, 6.07) is 7.95. The standard InChI is InChI=1S/C16H21N3O3/c1-19(16(20)21)14-7-5-12(6-8-14)18-13-4-3-11(10-17)15(9-13)22-2/h3-4,9,12,14,18H,5-8H2,1-2H3,(H,20,21). The minimum Gasteiger partial charge on any atom is -0.495 e. The largest absolute Gasteiger partial charge is 0.495 e. The van der Waals surface area contributed by atoms with E-state index in [9.17, 15) is 4.79 Å². The second-order valence-corrected chi connectivity index (χ2v) is 5.57. The van der Waals surface area contributed by atoms with E-state index in [1.54, 1.807) is 20.2 Å². The van der Waals surface area contributed by atoms with E-state index in [0.29, 0.717) is 17.4 Å². The third-order valence-corrected chi connectivity index (χ3v) is 4.24. The zero-order valence-corrected chi connectivity index (χ0v) is 12.9. The SMILES string of the molecule is COc1cc(NC2CCC(N(C)C(=O)O)CC2)ccc1C#N. The van der Waals surface area contributed by atoms with Crippen LogP contribution in [-0.2, 0) is 0 Å². The van der Waals surface area contributed by atoms with Crippen molar-refractivity contribution >= 4 is 11.8 Å². The highest BCUT2D eigenvalue weighted by Crippen LogP contribution is 2.27. The summed E-state index contributed by atoms with van der Waals surface area (Å²) in [7, 11) is 3.18. The average molecular weight is 303 g/mol. The summed E-state index contributed by atoms with van der Waals surface area (Å²) in [5.41, 5.74) is 1.44. The Labute approximate surface area is 130 Å². The van der Waals surface area contributed by atoms with Gasteiger partial charge in [0.05, 0.1) is 12.7 Å². The molecule has 0 aromatic heterocycles. The quantitative estimate of drug-likeness (QED) is 0.893. The van der Waals surface area contributed by atoms with Crippen molar-refractivity contribution in [3.8, 4) is 11.8 Å². The van der Waals surface area contributed by atoms with Crippen LogP contribution in [0.2, 0.25) is 0 Å². The van der Waals surface area contributed by atoms with Crippen LogP contribution in [0.3, 0.4) is 0 Å². The van der Waals surface area contributed by atoms with Gasteiger partial charge in [-0.05, 0) is 37.8 Å². The molecule has 0 aliphatic heterocycles. The van der Waals surface area contributed by atoms with Gasteiger partial charge in [-0.2, -0.15) is 5.26 Å². The highest BCUT2D eigenvalue weighted by Gasteiger charge is 2.26. The number of carbonyl (C=O) groups is 1. The van der Waals surface area contributed by atoms with E-state index < -0.39 is 6.09 Å². The fraction of sp³-hybridized carbons (Fsp3) is 0.500. The lowest BCUT2D eigenvalue weighted by Gasteiger charge is -2.34. The summed E-state index contributed by atoms with van der Waals surface area (Å²) >= 11 is 0. The molecule has 0 radical (unpaired) electrons. The highest BCUT2D eigenvalue weighted by atomic mass is 16.5. The molecule has 6 heteroatoms. The van der Waals surface area contributed by atoms with Crippen LogP contribution in [0.1, 0.15) is 31.2 Å². The van der Waals surface area contributed by atoms with E-state index in [1.807, 2.05) is 12.1 Å². The zero-order chi connectivity index (χ0) is 16.1. The number of anilines is 1. The van der Waals surface area contributed by atoms with Gasteiger partial charge in [-0.15, -0.1) is 0 Å². The molecule has 1 amide bonds. The van der Waals surface area contributed by atoms with Crippen molar-refractivity contribution < 1.29 is 14.6 Å². The molecule has 1 aromatic carbocycles. The van der Waals surface area contributed by atoms with Crippen LogP contribution in [0, 0.1) is 11.3 Å². The Kier molecular flexibility index (Phi) is 5.10. The maximum Gasteiger partial charge on any atom is 0.407 e. The third-order valence-electron chi connectivity index (χ3n) is 4.24. The van der Waals surface area contributed by atoms with Gasteiger partial charge in [-0.3, -0.25) is 0 Å². The van der Waals surface area contributed by atoms with Gasteiger partial charge in [0.25, 0.3) is 0 Å². The average Bonchev–Trinajstić information content (AvgIpc) is 2.54. The lowest BCUT2D eigenvalue weighted by atomic mass is 9.90. The predicted octanol–water partition coefficient (Wildman–Crippen LogP) is 2.90. The first-order valence-electron chi connectivity index (χ1n) is 7.35. The topological polar surface area (TPSA) is 85.6 Å². The summed E-state index contributed by atoms with van der Waals surface area (Å²) < 4.78 is 5.21. The summed E-state index contributed by atoms with van der Waals surface area (Å²) in [6.45, 7) is 0. The van der Waals surface area contributed by atoms with Crippen LogP contribution in [0.15, 0.2) is 18.2 Å². The monoisotopic (exact) mass is 303 g/mol. The van der Waals surface area contributed by atoms with Crippen molar-refractivity contribution in [3.63, 3.8) is 0 Å². The Morgan fingerprint density at radius 3 is 2.64 bits per heavy atom. The van der Waals surface area contributed by atoms with Crippen molar-refractivity contribution in [1.29, 1.82) is 5.26 Å². The van der Waals surface area contributed by atoms with Gasteiger partial charge in [-0.1, -0.05) is 0 Å². The first-order chi connectivity index (χ1) is 10.5. The minimum absolute atomic E-state index is 0.103. The lowest BCUT2D eigenvalue weighted by Crippen LogP contribution is -2.40. The molecule has 2 N–H and O–H groups in total. The molecule has 0 atom stereocenters. The molecule has 0 unspecified atom stereocenters. The Morgan fingerprint density at radius 1 is 1.41 bits per heavy atom. The molecule has 0 bridgehead atoms. The molecule has 1 saturated carbocycles. The number of rotatable bonds is 4. The van der Waals surface area contributed by atoms with E-state index in [4.69, 9.17) is 15.1 Å². The fourth-order valence-corrected chi connectivity index (χ4v) is 2.87. The Bertz CT molecular complexity index is 574. The van der Waals surface area contributed by atoms with E-state index in [1.165, 1.54) is 4.90 Å². The first kappa shape index (κ1) is 16.0. The number of nitriles is 1. The number of nitrogens with zero attached hydrogens (tertiary/aromatic N) is 2. The van der Waals surface area contributed by atoms with Crippen LogP contribution in [0.25, 0.3) is 0 Å². The fourth-order valence-electron chi connectivity index (χ4n) is 2.87. The molecule has 1 aromatic rings. The maximum absolute atomic E-state index is 11.0. The zero-order valence-electron chi connectivity index (χ0n) is 12.9. The van der Waals surface area contributed by atoms with Crippen LogP contribution < -0.4 is 10.1 Å². The number of carboxylic acid groups (broad SMARTS) is 1. The van der Waals surface area contributed by atoms with E-state index in [0.717, 1.165) is 31.4 Å². The third kappa shape index (κ3) is 3.61. The Hall–Kier alpha value is -2.42. The molecule has 0 spiro atoms. The molecule has 118 valence electrons. The van der Waals surface area contributed by atoms with Crippen molar-refractivity contribution in [1.82, 2.24) is 4.90 Å². The number of ether oxygens (including phenoxy) is 1. The van der Waals surface area contributed by atoms with Crippen molar-refractivity contribution in [2.45, 2.75) is 37.8 Å². The van der Waals surface area contributed by atoms with E-state index >= 15 is 0 Å². The summed E-state index contributed by atoms with van der Waals surface area (Å²) in [4.78, 5) is 12.4. The highest BCUT2D eigenvalue weighted by molar-refractivity contribution is 5.65. The van der Waals surface area contributed by atoms with Gasteiger partial charge in [0, 0.05) is 30.9 Å². The number of methoxy groups -OCH3 is 1. The predicted molar refractivity (Wildman–Crippen MR) is 83.2 cm³/mol. The normalized spacial score (nSPS) is 20.8. The summed E-state index contributed by atoms with van der Waals surface area (Å²) in [6.07, 6.45) is 2.69. The van der Waals surface area contributed by atoms with Gasteiger partial charge >= 0.3 is 6.09 Å². The molecule has 6 nitrogen and oxygen atoms in total. The van der Waals surface area contributed by atoms with Gasteiger partial charge in [-0.25, -0.2) is 4.79 Å². The van der Waals surface area contributed by atoms with Crippen LogP contribution in [-0.4, -0.2) is 42.3 Å². The Morgan fingerprint density at radius 2 is 2.09 bits per heavy atom. The van der Waals surface area contributed by atoms with Gasteiger partial charge in [0.1, 0.15) is 11.8 Å². The molecule has 1 aliphatic rings. The molecule has 1 aliphatic carbocycles. The minimum atomic E-state index is -0.867. The second kappa shape index (κ2) is 7.03. The first-order valence-corrected chi connectivity index (χ1v) is 7.35. The number of benzene rings is 1. The molecule has 2 rings (SSSR count). The van der Waals surface area contributed by atoms with Gasteiger partial charge in [0.2, 0.25) is 0 Å². The lowest BCUT2D eigenvalue weighted by molar-refractivity contribution is 0.125. The molecular formula is C16H21N3O3. The molecule has 1 fully saturated rings. The van der Waals surface area contributed by atoms with Crippen LogP contribution in [0.4, 0.5) is 10.5 Å². The van der Waals surface area contributed by atoms with Gasteiger partial charge in [0.15, 0.2) is 0 Å². The Balaban J connectivity index is 1.94. The van der Waals surface area contributed by atoms with Gasteiger partial charge < -0.3 is 20.1 Å². The summed E-state index contributed by atoms with van der Waals surface area (Å²) in [5.74, 6) is 0.562. The number of amides is 1. The molecular weight excluding hydrogens is 282 g/mol. The van der Waals surface area contributed by atoms with E-state index in [-0.39, 0.29) is 6.04 Å². The number of nitrogens with one attached hydrogen (secondary N) is 1. The number of hydrogen-bond acceptors (Lipinski definition) is 4.